The molecule has 0 aliphatic carbocycles. The van der Waals surface area contributed by atoms with E-state index in [1.165, 1.54) is 5.56 Å². The van der Waals surface area contributed by atoms with Crippen molar-refractivity contribution in [1.82, 2.24) is 4.98 Å². The van der Waals surface area contributed by atoms with Crippen LogP contribution in [0.5, 0.6) is 0 Å². The summed E-state index contributed by atoms with van der Waals surface area (Å²) in [5.74, 6) is 1.03. The molecular weight excluding hydrogens is 202 g/mol. The highest BCUT2D eigenvalue weighted by Gasteiger charge is 2.22. The molecule has 1 unspecified atom stereocenters. The smallest absolute Gasteiger partial charge is 0.131 e. The Bertz CT molecular complexity index is 361. The number of likely N-dealkylation sites (N-methyl/N-ethyl adjacent to an activating group) is 1. The Labute approximate surface area is 96.4 Å². The van der Waals surface area contributed by atoms with Gasteiger partial charge in [0.2, 0.25) is 0 Å². The molecule has 1 saturated heterocycles. The zero-order valence-electron chi connectivity index (χ0n) is 9.94. The van der Waals surface area contributed by atoms with Gasteiger partial charge in [-0.25, -0.2) is 4.98 Å². The lowest BCUT2D eigenvalue weighted by molar-refractivity contribution is 0.193. The van der Waals surface area contributed by atoms with E-state index in [9.17, 15) is 0 Å². The normalized spacial score (nSPS) is 20.1. The van der Waals surface area contributed by atoms with Crippen molar-refractivity contribution < 1.29 is 4.74 Å². The number of rotatable bonds is 3. The van der Waals surface area contributed by atoms with Crippen molar-refractivity contribution in [2.45, 2.75) is 25.9 Å². The van der Waals surface area contributed by atoms with Gasteiger partial charge in [0.1, 0.15) is 5.82 Å². The van der Waals surface area contributed by atoms with Gasteiger partial charge in [0, 0.05) is 26.4 Å². The lowest BCUT2D eigenvalue weighted by atomic mass is 10.1. The monoisotopic (exact) mass is 221 g/mol. The van der Waals surface area contributed by atoms with Crippen molar-refractivity contribution in [3.05, 3.63) is 23.4 Å². The van der Waals surface area contributed by atoms with Gasteiger partial charge in [-0.1, -0.05) is 0 Å². The highest BCUT2D eigenvalue weighted by Crippen LogP contribution is 2.22. The van der Waals surface area contributed by atoms with Crippen molar-refractivity contribution in [1.29, 1.82) is 0 Å². The minimum atomic E-state index is 0.454. The second-order valence-corrected chi connectivity index (χ2v) is 4.32. The minimum absolute atomic E-state index is 0.454. The van der Waals surface area contributed by atoms with E-state index in [-0.39, 0.29) is 0 Å². The number of aryl methyl sites for hydroxylation is 1. The lowest BCUT2D eigenvalue weighted by Crippen LogP contribution is -2.33. The van der Waals surface area contributed by atoms with Gasteiger partial charge in [-0.3, -0.25) is 0 Å². The molecule has 1 aliphatic rings. The third-order valence-corrected chi connectivity index (χ3v) is 3.13. The van der Waals surface area contributed by atoms with Gasteiger partial charge >= 0.3 is 0 Å². The first kappa shape index (κ1) is 11.4. The fraction of sp³-hybridized carbons (Fsp3) is 0.583. The average molecular weight is 221 g/mol. The molecule has 4 nitrogen and oxygen atoms in total. The average Bonchev–Trinajstić information content (AvgIpc) is 2.81. The second-order valence-electron chi connectivity index (χ2n) is 4.32. The van der Waals surface area contributed by atoms with Crippen LogP contribution in [0.3, 0.4) is 0 Å². The Morgan fingerprint density at radius 1 is 1.62 bits per heavy atom. The predicted molar refractivity (Wildman–Crippen MR) is 64.5 cm³/mol. The molecule has 0 radical (unpaired) electrons. The molecule has 2 heterocycles. The minimum Gasteiger partial charge on any atom is -0.379 e. The van der Waals surface area contributed by atoms with Crippen LogP contribution >= 0.6 is 0 Å². The van der Waals surface area contributed by atoms with Gasteiger partial charge in [0.25, 0.3) is 0 Å². The fourth-order valence-electron chi connectivity index (χ4n) is 2.11. The van der Waals surface area contributed by atoms with Crippen molar-refractivity contribution in [3.8, 4) is 0 Å². The molecule has 0 amide bonds. The number of pyridine rings is 1. The summed E-state index contributed by atoms with van der Waals surface area (Å²) in [5, 5.41) is 0. The van der Waals surface area contributed by atoms with Gasteiger partial charge in [-0.05, 0) is 30.5 Å². The highest BCUT2D eigenvalue weighted by molar-refractivity contribution is 5.47. The summed E-state index contributed by atoms with van der Waals surface area (Å²) < 4.78 is 5.40. The van der Waals surface area contributed by atoms with E-state index in [4.69, 9.17) is 10.5 Å². The first-order valence-corrected chi connectivity index (χ1v) is 5.68. The van der Waals surface area contributed by atoms with Gasteiger partial charge in [-0.2, -0.15) is 0 Å². The molecule has 88 valence electrons. The van der Waals surface area contributed by atoms with E-state index in [0.29, 0.717) is 12.6 Å². The molecule has 0 bridgehead atoms. The van der Waals surface area contributed by atoms with Crippen LogP contribution < -0.4 is 10.6 Å². The van der Waals surface area contributed by atoms with E-state index in [1.54, 1.807) is 0 Å². The van der Waals surface area contributed by atoms with Gasteiger partial charge in [-0.15, -0.1) is 0 Å². The summed E-state index contributed by atoms with van der Waals surface area (Å²) in [5.41, 5.74) is 7.85. The molecule has 1 aliphatic heterocycles. The summed E-state index contributed by atoms with van der Waals surface area (Å²) in [4.78, 5) is 6.69. The molecule has 1 atom stereocenters. The SMILES string of the molecule is Cc1cc(CN)cnc1N(C)C1CCOC1. The van der Waals surface area contributed by atoms with E-state index < -0.39 is 0 Å². The Morgan fingerprint density at radius 3 is 3.00 bits per heavy atom. The first-order chi connectivity index (χ1) is 7.72. The largest absolute Gasteiger partial charge is 0.379 e. The first-order valence-electron chi connectivity index (χ1n) is 5.68. The fourth-order valence-corrected chi connectivity index (χ4v) is 2.11. The van der Waals surface area contributed by atoms with Crippen LogP contribution in [0.25, 0.3) is 0 Å². The third-order valence-electron chi connectivity index (χ3n) is 3.13. The summed E-state index contributed by atoms with van der Waals surface area (Å²) in [6.45, 7) is 4.28. The molecular formula is C12H19N3O. The zero-order chi connectivity index (χ0) is 11.5. The van der Waals surface area contributed by atoms with Crippen LogP contribution in [0.2, 0.25) is 0 Å². The van der Waals surface area contributed by atoms with Crippen molar-refractivity contribution >= 4 is 5.82 Å². The maximum absolute atomic E-state index is 5.59. The van der Waals surface area contributed by atoms with Gasteiger partial charge in [0.05, 0.1) is 12.6 Å². The number of aromatic nitrogens is 1. The van der Waals surface area contributed by atoms with Crippen LogP contribution in [0.1, 0.15) is 17.5 Å². The molecule has 1 fully saturated rings. The Hall–Kier alpha value is -1.13. The lowest BCUT2D eigenvalue weighted by Gasteiger charge is -2.25. The molecule has 16 heavy (non-hydrogen) atoms. The maximum Gasteiger partial charge on any atom is 0.131 e. The van der Waals surface area contributed by atoms with Crippen LogP contribution in [0.4, 0.5) is 5.82 Å². The topological polar surface area (TPSA) is 51.4 Å². The molecule has 0 spiro atoms. The highest BCUT2D eigenvalue weighted by atomic mass is 16.5. The zero-order valence-corrected chi connectivity index (χ0v) is 9.94. The number of hydrogen-bond acceptors (Lipinski definition) is 4. The van der Waals surface area contributed by atoms with E-state index in [0.717, 1.165) is 31.0 Å². The Kier molecular flexibility index (Phi) is 3.41. The van der Waals surface area contributed by atoms with Crippen molar-refractivity contribution in [2.24, 2.45) is 5.73 Å². The molecule has 2 N–H and O–H groups in total. The van der Waals surface area contributed by atoms with Crippen LogP contribution in [0.15, 0.2) is 12.3 Å². The Balaban J connectivity index is 2.19. The van der Waals surface area contributed by atoms with Gasteiger partial charge in [0.15, 0.2) is 0 Å². The van der Waals surface area contributed by atoms with Crippen molar-refractivity contribution in [3.63, 3.8) is 0 Å². The second kappa shape index (κ2) is 4.80. The summed E-state index contributed by atoms with van der Waals surface area (Å²) in [6, 6.07) is 2.56. The van der Waals surface area contributed by atoms with Crippen LogP contribution in [-0.2, 0) is 11.3 Å². The number of anilines is 1. The molecule has 2 rings (SSSR count). The summed E-state index contributed by atoms with van der Waals surface area (Å²) >= 11 is 0. The molecule has 4 heteroatoms. The molecule has 0 saturated carbocycles. The van der Waals surface area contributed by atoms with E-state index in [2.05, 4.69) is 29.9 Å². The predicted octanol–water partition coefficient (Wildman–Crippen LogP) is 1.07. The number of nitrogens with zero attached hydrogens (tertiary/aromatic N) is 2. The Morgan fingerprint density at radius 2 is 2.44 bits per heavy atom. The molecule has 1 aromatic heterocycles. The standard InChI is InChI=1S/C12H19N3O/c1-9-5-10(6-13)7-14-12(9)15(2)11-3-4-16-8-11/h5,7,11H,3-4,6,8,13H2,1-2H3. The maximum atomic E-state index is 5.59. The van der Waals surface area contributed by atoms with E-state index >= 15 is 0 Å². The number of ether oxygens (including phenoxy) is 1. The summed E-state index contributed by atoms with van der Waals surface area (Å²) in [7, 11) is 2.08. The van der Waals surface area contributed by atoms with E-state index in [1.807, 2.05) is 6.20 Å². The van der Waals surface area contributed by atoms with Gasteiger partial charge < -0.3 is 15.4 Å². The molecule has 0 aromatic carbocycles. The van der Waals surface area contributed by atoms with Crippen LogP contribution in [-0.4, -0.2) is 31.3 Å². The number of nitrogens with two attached hydrogens (primary N) is 1. The van der Waals surface area contributed by atoms with Crippen molar-refractivity contribution in [2.75, 3.05) is 25.2 Å². The quantitative estimate of drug-likeness (QED) is 0.829. The van der Waals surface area contributed by atoms with Crippen LogP contribution in [0, 0.1) is 6.92 Å². The summed E-state index contributed by atoms with van der Waals surface area (Å²) in [6.07, 6.45) is 2.94. The number of hydrogen-bond donors (Lipinski definition) is 1. The molecule has 1 aromatic rings. The third kappa shape index (κ3) is 2.18.